The summed E-state index contributed by atoms with van der Waals surface area (Å²) in [5.41, 5.74) is 7.48. The first-order valence-corrected chi connectivity index (χ1v) is 8.55. The van der Waals surface area contributed by atoms with E-state index in [2.05, 4.69) is 34.7 Å². The van der Waals surface area contributed by atoms with Crippen LogP contribution in [0, 0.1) is 5.92 Å². The third kappa shape index (κ3) is 2.69. The van der Waals surface area contributed by atoms with Crippen LogP contribution in [0.3, 0.4) is 0 Å². The summed E-state index contributed by atoms with van der Waals surface area (Å²) in [5.74, 6) is 2.04. The first-order chi connectivity index (χ1) is 9.72. The van der Waals surface area contributed by atoms with Gasteiger partial charge in [-0.05, 0) is 32.1 Å². The molecule has 1 atom stereocenters. The van der Waals surface area contributed by atoms with Crippen molar-refractivity contribution in [1.82, 2.24) is 9.38 Å². The van der Waals surface area contributed by atoms with Gasteiger partial charge in [0.15, 0.2) is 10.8 Å². The summed E-state index contributed by atoms with van der Waals surface area (Å²) in [6.45, 7) is 6.54. The van der Waals surface area contributed by atoms with Crippen molar-refractivity contribution in [3.05, 3.63) is 17.3 Å². The summed E-state index contributed by atoms with van der Waals surface area (Å²) in [5, 5.41) is 2.10. The van der Waals surface area contributed by atoms with Gasteiger partial charge in [-0.25, -0.2) is 4.98 Å². The molecule has 1 aliphatic rings. The summed E-state index contributed by atoms with van der Waals surface area (Å²) in [4.78, 5) is 8.39. The van der Waals surface area contributed by atoms with E-state index >= 15 is 0 Å². The number of hydrogen-bond donors (Lipinski definition) is 1. The number of aromatic nitrogens is 2. The highest BCUT2D eigenvalue weighted by atomic mass is 32.1. The van der Waals surface area contributed by atoms with Crippen molar-refractivity contribution in [2.45, 2.75) is 45.6 Å². The van der Waals surface area contributed by atoms with Crippen LogP contribution in [0.1, 0.15) is 38.8 Å². The van der Waals surface area contributed by atoms with Gasteiger partial charge in [0.2, 0.25) is 0 Å². The molecule has 0 aliphatic heterocycles. The van der Waals surface area contributed by atoms with Crippen molar-refractivity contribution >= 4 is 22.1 Å². The topological polar surface area (TPSA) is 46.6 Å². The van der Waals surface area contributed by atoms with Crippen LogP contribution >= 0.6 is 11.3 Å². The standard InChI is InChI=1S/C15H24N4S/c1-3-12(16)9-13-14(17-15-19(13)7-8-20-15)18(4-2)10-11-5-6-11/h7-8,11-12H,3-6,9-10,16H2,1-2H3. The molecule has 0 radical (unpaired) electrons. The number of nitrogens with zero attached hydrogens (tertiary/aromatic N) is 3. The molecule has 0 saturated heterocycles. The number of nitrogens with two attached hydrogens (primary N) is 1. The lowest BCUT2D eigenvalue weighted by molar-refractivity contribution is 0.630. The first-order valence-electron chi connectivity index (χ1n) is 7.67. The third-order valence-corrected chi connectivity index (χ3v) is 4.93. The van der Waals surface area contributed by atoms with E-state index in [1.165, 1.54) is 18.5 Å². The Morgan fingerprint density at radius 2 is 2.30 bits per heavy atom. The molecule has 2 heterocycles. The van der Waals surface area contributed by atoms with Crippen molar-refractivity contribution in [3.8, 4) is 0 Å². The van der Waals surface area contributed by atoms with Gasteiger partial charge >= 0.3 is 0 Å². The summed E-state index contributed by atoms with van der Waals surface area (Å²) >= 11 is 1.70. The highest BCUT2D eigenvalue weighted by Crippen LogP contribution is 2.33. The van der Waals surface area contributed by atoms with Gasteiger partial charge in [0, 0.05) is 37.1 Å². The Morgan fingerprint density at radius 1 is 1.50 bits per heavy atom. The minimum atomic E-state index is 0.216. The molecular formula is C15H24N4S. The number of thiazole rings is 1. The number of anilines is 1. The molecule has 0 spiro atoms. The molecule has 2 aromatic heterocycles. The second-order valence-corrected chi connectivity index (χ2v) is 6.67. The highest BCUT2D eigenvalue weighted by molar-refractivity contribution is 7.15. The van der Waals surface area contributed by atoms with Crippen LogP contribution in [0.2, 0.25) is 0 Å². The Hall–Kier alpha value is -1.07. The SMILES string of the molecule is CCC(N)Cc1c(N(CC)CC2CC2)nc2sccn12. The summed E-state index contributed by atoms with van der Waals surface area (Å²) in [6, 6.07) is 0.216. The van der Waals surface area contributed by atoms with Crippen LogP contribution < -0.4 is 10.6 Å². The van der Waals surface area contributed by atoms with Gasteiger partial charge in [0.1, 0.15) is 0 Å². The molecule has 20 heavy (non-hydrogen) atoms. The summed E-state index contributed by atoms with van der Waals surface area (Å²) < 4.78 is 2.23. The Bertz CT molecular complexity index is 569. The first kappa shape index (κ1) is 13.9. The maximum Gasteiger partial charge on any atom is 0.195 e. The van der Waals surface area contributed by atoms with Gasteiger partial charge < -0.3 is 10.6 Å². The average molecular weight is 292 g/mol. The number of hydrogen-bond acceptors (Lipinski definition) is 4. The molecule has 3 rings (SSSR count). The fraction of sp³-hybridized carbons (Fsp3) is 0.667. The molecule has 2 N–H and O–H groups in total. The molecule has 1 unspecified atom stereocenters. The maximum atomic E-state index is 6.19. The molecule has 1 fully saturated rings. The Morgan fingerprint density at radius 3 is 2.95 bits per heavy atom. The molecule has 1 saturated carbocycles. The maximum absolute atomic E-state index is 6.19. The smallest absolute Gasteiger partial charge is 0.195 e. The normalized spacial score (nSPS) is 16.8. The van der Waals surface area contributed by atoms with Gasteiger partial charge in [-0.3, -0.25) is 4.40 Å². The van der Waals surface area contributed by atoms with Crippen molar-refractivity contribution in [2.24, 2.45) is 11.7 Å². The van der Waals surface area contributed by atoms with Crippen molar-refractivity contribution in [2.75, 3.05) is 18.0 Å². The molecule has 1 aliphatic carbocycles. The fourth-order valence-electron chi connectivity index (χ4n) is 2.63. The van der Waals surface area contributed by atoms with Gasteiger partial charge in [0.05, 0.1) is 5.69 Å². The van der Waals surface area contributed by atoms with Crippen LogP contribution in [-0.2, 0) is 6.42 Å². The minimum Gasteiger partial charge on any atom is -0.355 e. The number of rotatable bonds is 7. The molecule has 110 valence electrons. The molecular weight excluding hydrogens is 268 g/mol. The quantitative estimate of drug-likeness (QED) is 0.853. The predicted molar refractivity (Wildman–Crippen MR) is 85.7 cm³/mol. The largest absolute Gasteiger partial charge is 0.355 e. The van der Waals surface area contributed by atoms with E-state index in [9.17, 15) is 0 Å². The van der Waals surface area contributed by atoms with Crippen molar-refractivity contribution in [1.29, 1.82) is 0 Å². The van der Waals surface area contributed by atoms with E-state index in [4.69, 9.17) is 10.7 Å². The molecule has 0 bridgehead atoms. The Labute approximate surface area is 124 Å². The lowest BCUT2D eigenvalue weighted by atomic mass is 10.1. The van der Waals surface area contributed by atoms with Crippen LogP contribution in [-0.4, -0.2) is 28.5 Å². The Kier molecular flexibility index (Phi) is 3.98. The summed E-state index contributed by atoms with van der Waals surface area (Å²) in [7, 11) is 0. The zero-order chi connectivity index (χ0) is 14.1. The van der Waals surface area contributed by atoms with E-state index in [1.807, 2.05) is 0 Å². The molecule has 0 aromatic carbocycles. The average Bonchev–Trinajstić information content (AvgIpc) is 3.05. The van der Waals surface area contributed by atoms with Crippen LogP contribution in [0.4, 0.5) is 5.82 Å². The van der Waals surface area contributed by atoms with Crippen LogP contribution in [0.5, 0.6) is 0 Å². The molecule has 2 aromatic rings. The molecule has 0 amide bonds. The Balaban J connectivity index is 1.94. The lowest BCUT2D eigenvalue weighted by Gasteiger charge is -2.22. The van der Waals surface area contributed by atoms with Gasteiger partial charge in [-0.2, -0.15) is 0 Å². The van der Waals surface area contributed by atoms with Crippen molar-refractivity contribution in [3.63, 3.8) is 0 Å². The van der Waals surface area contributed by atoms with Crippen LogP contribution in [0.15, 0.2) is 11.6 Å². The highest BCUT2D eigenvalue weighted by Gasteiger charge is 2.27. The van der Waals surface area contributed by atoms with E-state index < -0.39 is 0 Å². The fourth-order valence-corrected chi connectivity index (χ4v) is 3.36. The monoisotopic (exact) mass is 292 g/mol. The second-order valence-electron chi connectivity index (χ2n) is 5.79. The molecule has 4 nitrogen and oxygen atoms in total. The van der Waals surface area contributed by atoms with Crippen LogP contribution in [0.25, 0.3) is 4.96 Å². The minimum absolute atomic E-state index is 0.216. The number of imidazole rings is 1. The van der Waals surface area contributed by atoms with Gasteiger partial charge in [-0.1, -0.05) is 6.92 Å². The van der Waals surface area contributed by atoms with Gasteiger partial charge in [0.25, 0.3) is 0 Å². The van der Waals surface area contributed by atoms with E-state index in [1.54, 1.807) is 11.3 Å². The third-order valence-electron chi connectivity index (χ3n) is 4.18. The molecule has 5 heteroatoms. The van der Waals surface area contributed by atoms with E-state index in [0.717, 1.165) is 42.6 Å². The van der Waals surface area contributed by atoms with E-state index in [0.29, 0.717) is 0 Å². The second kappa shape index (κ2) is 5.74. The van der Waals surface area contributed by atoms with E-state index in [-0.39, 0.29) is 6.04 Å². The number of fused-ring (bicyclic) bond motifs is 1. The van der Waals surface area contributed by atoms with Gasteiger partial charge in [-0.15, -0.1) is 11.3 Å². The predicted octanol–water partition coefficient (Wildman–Crippen LogP) is 2.91. The zero-order valence-electron chi connectivity index (χ0n) is 12.4. The van der Waals surface area contributed by atoms with Crippen molar-refractivity contribution < 1.29 is 0 Å². The lowest BCUT2D eigenvalue weighted by Crippen LogP contribution is -2.29. The zero-order valence-corrected chi connectivity index (χ0v) is 13.2. The summed E-state index contributed by atoms with van der Waals surface area (Å²) in [6.07, 6.45) is 6.79.